The van der Waals surface area contributed by atoms with Gasteiger partial charge in [-0.05, 0) is 35.4 Å². The molecule has 0 saturated heterocycles. The van der Waals surface area contributed by atoms with E-state index < -0.39 is 0 Å². The number of nitrogens with zero attached hydrogens (tertiary/aromatic N) is 2. The van der Waals surface area contributed by atoms with Crippen molar-refractivity contribution in [3.63, 3.8) is 0 Å². The van der Waals surface area contributed by atoms with Crippen LogP contribution in [0.1, 0.15) is 22.9 Å². The van der Waals surface area contributed by atoms with E-state index in [1.54, 1.807) is 19.4 Å². The number of benzene rings is 2. The highest BCUT2D eigenvalue weighted by Crippen LogP contribution is 2.20. The molecule has 4 aromatic rings. The molecule has 0 aliphatic carbocycles. The standard InChI is InChI=1S/C25H24N4O2/c1-31-21-12-10-18(11-13-21)17-27-23(19-7-3-2-4-8-19)15-20-16-24(30)29-25(28-20)22-9-5-6-14-26-22/h2-14,16,23,27H,15,17H2,1H3,(H,28,29,30)/t23-/m0/s1. The smallest absolute Gasteiger partial charge is 0.251 e. The minimum Gasteiger partial charge on any atom is -0.497 e. The van der Waals surface area contributed by atoms with Gasteiger partial charge in [0.05, 0.1) is 12.8 Å². The maximum Gasteiger partial charge on any atom is 0.251 e. The largest absolute Gasteiger partial charge is 0.497 e. The third-order valence-corrected chi connectivity index (χ3v) is 5.03. The Labute approximate surface area is 181 Å². The van der Waals surface area contributed by atoms with Gasteiger partial charge in [-0.3, -0.25) is 9.78 Å². The molecule has 0 radical (unpaired) electrons. The van der Waals surface area contributed by atoms with Crippen molar-refractivity contribution < 1.29 is 4.74 Å². The number of nitrogens with one attached hydrogen (secondary N) is 2. The molecule has 0 amide bonds. The van der Waals surface area contributed by atoms with E-state index in [0.717, 1.165) is 16.9 Å². The van der Waals surface area contributed by atoms with Crippen LogP contribution in [0.2, 0.25) is 0 Å². The molecule has 0 bridgehead atoms. The summed E-state index contributed by atoms with van der Waals surface area (Å²) in [6, 6.07) is 25.3. The van der Waals surface area contributed by atoms with Crippen molar-refractivity contribution in [1.82, 2.24) is 20.3 Å². The van der Waals surface area contributed by atoms with Crippen LogP contribution < -0.4 is 15.6 Å². The molecule has 1 atom stereocenters. The fourth-order valence-corrected chi connectivity index (χ4v) is 3.42. The number of hydrogen-bond acceptors (Lipinski definition) is 5. The minimum absolute atomic E-state index is 0.00538. The molecule has 2 N–H and O–H groups in total. The summed E-state index contributed by atoms with van der Waals surface area (Å²) in [5, 5.41) is 3.61. The quantitative estimate of drug-likeness (QED) is 0.459. The first kappa shape index (κ1) is 20.5. The molecule has 0 aliphatic heterocycles. The van der Waals surface area contributed by atoms with Gasteiger partial charge in [0.15, 0.2) is 5.82 Å². The molecule has 2 aromatic carbocycles. The molecule has 0 spiro atoms. The molecule has 0 saturated carbocycles. The van der Waals surface area contributed by atoms with Gasteiger partial charge in [0.25, 0.3) is 5.56 Å². The maximum atomic E-state index is 12.3. The summed E-state index contributed by atoms with van der Waals surface area (Å²) < 4.78 is 5.24. The molecule has 0 aliphatic rings. The molecule has 31 heavy (non-hydrogen) atoms. The topological polar surface area (TPSA) is 79.9 Å². The third-order valence-electron chi connectivity index (χ3n) is 5.03. The molecule has 4 rings (SSSR count). The zero-order valence-electron chi connectivity index (χ0n) is 17.3. The Hall–Kier alpha value is -3.77. The minimum atomic E-state index is -0.187. The molecule has 6 heteroatoms. The van der Waals surface area contributed by atoms with Gasteiger partial charge < -0.3 is 15.0 Å². The van der Waals surface area contributed by atoms with Crippen LogP contribution in [0.25, 0.3) is 11.5 Å². The average molecular weight is 412 g/mol. The highest BCUT2D eigenvalue weighted by atomic mass is 16.5. The highest BCUT2D eigenvalue weighted by molar-refractivity contribution is 5.48. The monoisotopic (exact) mass is 412 g/mol. The molecule has 0 fully saturated rings. The van der Waals surface area contributed by atoms with Crippen molar-refractivity contribution in [3.05, 3.63) is 112 Å². The summed E-state index contributed by atoms with van der Waals surface area (Å²) >= 11 is 0. The molecule has 0 unspecified atom stereocenters. The lowest BCUT2D eigenvalue weighted by atomic mass is 10.0. The van der Waals surface area contributed by atoms with Crippen molar-refractivity contribution in [2.75, 3.05) is 7.11 Å². The number of ether oxygens (including phenoxy) is 1. The van der Waals surface area contributed by atoms with E-state index in [4.69, 9.17) is 4.74 Å². The van der Waals surface area contributed by atoms with E-state index >= 15 is 0 Å². The summed E-state index contributed by atoms with van der Waals surface area (Å²) in [6.45, 7) is 0.680. The van der Waals surface area contributed by atoms with Crippen molar-refractivity contribution in [2.45, 2.75) is 19.0 Å². The number of hydrogen-bond donors (Lipinski definition) is 2. The van der Waals surface area contributed by atoms with Crippen LogP contribution in [0.5, 0.6) is 5.75 Å². The number of rotatable bonds is 8. The Morgan fingerprint density at radius 2 is 1.77 bits per heavy atom. The summed E-state index contributed by atoms with van der Waals surface area (Å²) in [7, 11) is 1.66. The van der Waals surface area contributed by atoms with Crippen molar-refractivity contribution in [1.29, 1.82) is 0 Å². The molecule has 2 aromatic heterocycles. The highest BCUT2D eigenvalue weighted by Gasteiger charge is 2.15. The van der Waals surface area contributed by atoms with Crippen LogP contribution in [-0.2, 0) is 13.0 Å². The Balaban J connectivity index is 1.57. The zero-order valence-corrected chi connectivity index (χ0v) is 17.3. The summed E-state index contributed by atoms with van der Waals surface area (Å²) in [5.41, 5.74) is 3.45. The van der Waals surface area contributed by atoms with Crippen LogP contribution in [-0.4, -0.2) is 22.1 Å². The Kier molecular flexibility index (Phi) is 6.50. The predicted molar refractivity (Wildman–Crippen MR) is 121 cm³/mol. The van der Waals surface area contributed by atoms with E-state index in [1.165, 1.54) is 0 Å². The molecular weight excluding hydrogens is 388 g/mol. The number of methoxy groups -OCH3 is 1. The molecule has 156 valence electrons. The Bertz CT molecular complexity index is 1160. The van der Waals surface area contributed by atoms with Gasteiger partial charge in [-0.25, -0.2) is 4.98 Å². The first-order valence-electron chi connectivity index (χ1n) is 10.1. The maximum absolute atomic E-state index is 12.3. The SMILES string of the molecule is COc1ccc(CN[C@@H](Cc2cc(=O)[nH]c(-c3ccccn3)n2)c2ccccc2)cc1. The van der Waals surface area contributed by atoms with E-state index in [1.807, 2.05) is 60.7 Å². The predicted octanol–water partition coefficient (Wildman–Crippen LogP) is 3.91. The molecule has 6 nitrogen and oxygen atoms in total. The van der Waals surface area contributed by atoms with E-state index in [9.17, 15) is 4.79 Å². The van der Waals surface area contributed by atoms with Gasteiger partial charge in [-0.15, -0.1) is 0 Å². The van der Waals surface area contributed by atoms with Crippen LogP contribution in [0.15, 0.2) is 89.9 Å². The first-order chi connectivity index (χ1) is 15.2. The van der Waals surface area contributed by atoms with Gasteiger partial charge >= 0.3 is 0 Å². The Morgan fingerprint density at radius 1 is 1.00 bits per heavy atom. The van der Waals surface area contributed by atoms with Crippen LogP contribution in [0.3, 0.4) is 0 Å². The van der Waals surface area contributed by atoms with Gasteiger partial charge in [-0.1, -0.05) is 48.5 Å². The number of aromatic amines is 1. The second-order valence-electron chi connectivity index (χ2n) is 7.20. The van der Waals surface area contributed by atoms with Crippen LogP contribution >= 0.6 is 0 Å². The van der Waals surface area contributed by atoms with Crippen molar-refractivity contribution in [3.8, 4) is 17.3 Å². The summed E-state index contributed by atoms with van der Waals surface area (Å²) in [5.74, 6) is 1.31. The lowest BCUT2D eigenvalue weighted by molar-refractivity contribution is 0.414. The average Bonchev–Trinajstić information content (AvgIpc) is 2.83. The lowest BCUT2D eigenvalue weighted by Gasteiger charge is -2.19. The number of aromatic nitrogens is 3. The number of pyridine rings is 1. The summed E-state index contributed by atoms with van der Waals surface area (Å²) in [4.78, 5) is 24.0. The van der Waals surface area contributed by atoms with Gasteiger partial charge in [0.2, 0.25) is 0 Å². The van der Waals surface area contributed by atoms with Crippen molar-refractivity contribution in [2.24, 2.45) is 0 Å². The van der Waals surface area contributed by atoms with Crippen molar-refractivity contribution >= 4 is 0 Å². The third kappa shape index (κ3) is 5.43. The van der Waals surface area contributed by atoms with E-state index in [2.05, 4.69) is 32.4 Å². The molecular formula is C25H24N4O2. The fraction of sp³-hybridized carbons (Fsp3) is 0.160. The van der Waals surface area contributed by atoms with Gasteiger partial charge in [0, 0.05) is 31.3 Å². The second kappa shape index (κ2) is 9.82. The van der Waals surface area contributed by atoms with Gasteiger partial charge in [0.1, 0.15) is 11.4 Å². The summed E-state index contributed by atoms with van der Waals surface area (Å²) in [6.07, 6.45) is 2.26. The molecule has 2 heterocycles. The van der Waals surface area contributed by atoms with Gasteiger partial charge in [-0.2, -0.15) is 0 Å². The van der Waals surface area contributed by atoms with Crippen LogP contribution in [0, 0.1) is 0 Å². The zero-order chi connectivity index (χ0) is 21.5. The first-order valence-corrected chi connectivity index (χ1v) is 10.1. The fourth-order valence-electron chi connectivity index (χ4n) is 3.42. The normalized spacial score (nSPS) is 11.8. The second-order valence-corrected chi connectivity index (χ2v) is 7.20. The lowest BCUT2D eigenvalue weighted by Crippen LogP contribution is -2.24. The van der Waals surface area contributed by atoms with Crippen LogP contribution in [0.4, 0.5) is 0 Å². The Morgan fingerprint density at radius 3 is 2.48 bits per heavy atom. The van der Waals surface area contributed by atoms with E-state index in [-0.39, 0.29) is 11.6 Å². The van der Waals surface area contributed by atoms with E-state index in [0.29, 0.717) is 30.2 Å². The number of H-pyrrole nitrogens is 1.